The summed E-state index contributed by atoms with van der Waals surface area (Å²) in [5.74, 6) is -1.89. The van der Waals surface area contributed by atoms with Crippen LogP contribution >= 0.6 is 0 Å². The summed E-state index contributed by atoms with van der Waals surface area (Å²) in [6, 6.07) is 2.19. The molecule has 0 atom stereocenters. The standard InChI is InChI=1S/C11H14N2O5/c1-2-13(4-3-10(16)17)11(18)7-5-8(14)12-9(15)6-7/h5-6H,2-4H2,1H3,(H,16,17)(H2,12,14,15). The number of carboxylic acids is 1. The smallest absolute Gasteiger partial charge is 0.305 e. The largest absolute Gasteiger partial charge is 0.494 e. The van der Waals surface area contributed by atoms with Crippen molar-refractivity contribution >= 4 is 11.9 Å². The van der Waals surface area contributed by atoms with Crippen LogP contribution in [0.25, 0.3) is 0 Å². The van der Waals surface area contributed by atoms with Gasteiger partial charge in [-0.3, -0.25) is 19.4 Å². The van der Waals surface area contributed by atoms with Crippen LogP contribution in [0, 0.1) is 0 Å². The monoisotopic (exact) mass is 254 g/mol. The number of aromatic hydroxyl groups is 1. The number of rotatable bonds is 5. The molecule has 0 spiro atoms. The third kappa shape index (κ3) is 3.62. The van der Waals surface area contributed by atoms with Crippen LogP contribution in [-0.4, -0.2) is 45.1 Å². The number of carboxylic acid groups (broad SMARTS) is 1. The van der Waals surface area contributed by atoms with Crippen molar-refractivity contribution in [2.45, 2.75) is 13.3 Å². The highest BCUT2D eigenvalue weighted by Crippen LogP contribution is 2.08. The molecule has 0 saturated carbocycles. The third-order valence-corrected chi connectivity index (χ3v) is 2.34. The van der Waals surface area contributed by atoms with E-state index in [0.717, 1.165) is 12.1 Å². The first-order valence-electron chi connectivity index (χ1n) is 5.38. The molecular formula is C11H14N2O5. The maximum Gasteiger partial charge on any atom is 0.305 e. The van der Waals surface area contributed by atoms with E-state index < -0.39 is 23.3 Å². The molecule has 0 saturated heterocycles. The Morgan fingerprint density at radius 1 is 1.39 bits per heavy atom. The van der Waals surface area contributed by atoms with Gasteiger partial charge in [-0.25, -0.2) is 0 Å². The molecular weight excluding hydrogens is 240 g/mol. The number of aromatic amines is 1. The Labute approximate surface area is 103 Å². The van der Waals surface area contributed by atoms with E-state index in [0.29, 0.717) is 6.54 Å². The highest BCUT2D eigenvalue weighted by molar-refractivity contribution is 5.94. The van der Waals surface area contributed by atoms with E-state index in [2.05, 4.69) is 4.98 Å². The van der Waals surface area contributed by atoms with Crippen LogP contribution < -0.4 is 5.56 Å². The molecule has 7 nitrogen and oxygen atoms in total. The number of pyridine rings is 1. The van der Waals surface area contributed by atoms with E-state index in [1.165, 1.54) is 4.90 Å². The van der Waals surface area contributed by atoms with Crippen molar-refractivity contribution in [1.29, 1.82) is 0 Å². The fourth-order valence-corrected chi connectivity index (χ4v) is 1.47. The van der Waals surface area contributed by atoms with E-state index in [-0.39, 0.29) is 18.5 Å². The van der Waals surface area contributed by atoms with E-state index in [9.17, 15) is 19.5 Å². The fraction of sp³-hybridized carbons (Fsp3) is 0.364. The number of hydrogen-bond acceptors (Lipinski definition) is 4. The zero-order chi connectivity index (χ0) is 13.7. The summed E-state index contributed by atoms with van der Waals surface area (Å²) in [7, 11) is 0. The van der Waals surface area contributed by atoms with Gasteiger partial charge in [0, 0.05) is 25.2 Å². The first-order chi connectivity index (χ1) is 8.43. The van der Waals surface area contributed by atoms with Crippen molar-refractivity contribution in [1.82, 2.24) is 9.88 Å². The first-order valence-corrected chi connectivity index (χ1v) is 5.38. The number of carbonyl (C=O) groups excluding carboxylic acids is 1. The second kappa shape index (κ2) is 5.85. The molecule has 3 N–H and O–H groups in total. The Hall–Kier alpha value is -2.31. The number of aromatic nitrogens is 1. The van der Waals surface area contributed by atoms with Crippen LogP contribution in [0.1, 0.15) is 23.7 Å². The maximum atomic E-state index is 12.0. The minimum atomic E-state index is -1.00. The van der Waals surface area contributed by atoms with Crippen LogP contribution in [0.4, 0.5) is 0 Å². The molecule has 0 aliphatic carbocycles. The van der Waals surface area contributed by atoms with Crippen molar-refractivity contribution < 1.29 is 19.8 Å². The highest BCUT2D eigenvalue weighted by atomic mass is 16.4. The molecule has 0 aromatic carbocycles. The molecule has 1 aromatic rings. The predicted octanol–water partition coefficient (Wildman–Crippen LogP) is 0.0173. The first kappa shape index (κ1) is 13.8. The van der Waals surface area contributed by atoms with Crippen LogP contribution in [0.3, 0.4) is 0 Å². The van der Waals surface area contributed by atoms with Gasteiger partial charge in [0.1, 0.15) is 0 Å². The number of nitrogens with one attached hydrogen (secondary N) is 1. The number of nitrogens with zero attached hydrogens (tertiary/aromatic N) is 1. The van der Waals surface area contributed by atoms with Gasteiger partial charge in [-0.05, 0) is 6.92 Å². The quantitative estimate of drug-likeness (QED) is 0.685. The maximum absolute atomic E-state index is 12.0. The second-order valence-electron chi connectivity index (χ2n) is 3.65. The number of aliphatic carboxylic acids is 1. The van der Waals surface area contributed by atoms with Crippen molar-refractivity contribution in [3.05, 3.63) is 28.0 Å². The van der Waals surface area contributed by atoms with Crippen molar-refractivity contribution in [3.63, 3.8) is 0 Å². The Bertz CT molecular complexity index is 508. The number of hydrogen-bond donors (Lipinski definition) is 3. The van der Waals surface area contributed by atoms with E-state index >= 15 is 0 Å². The van der Waals surface area contributed by atoms with Gasteiger partial charge in [0.25, 0.3) is 11.5 Å². The SMILES string of the molecule is CCN(CCC(=O)O)C(=O)c1cc(O)[nH]c(=O)c1. The highest BCUT2D eigenvalue weighted by Gasteiger charge is 2.16. The van der Waals surface area contributed by atoms with E-state index in [1.807, 2.05) is 0 Å². The second-order valence-corrected chi connectivity index (χ2v) is 3.65. The zero-order valence-electron chi connectivity index (χ0n) is 9.84. The number of carbonyl (C=O) groups is 2. The Kier molecular flexibility index (Phi) is 4.47. The Morgan fingerprint density at radius 3 is 2.56 bits per heavy atom. The summed E-state index contributed by atoms with van der Waals surface area (Å²) in [6.45, 7) is 2.07. The molecule has 0 aliphatic heterocycles. The predicted molar refractivity (Wildman–Crippen MR) is 62.6 cm³/mol. The average Bonchev–Trinajstić information content (AvgIpc) is 2.27. The van der Waals surface area contributed by atoms with Gasteiger partial charge in [-0.15, -0.1) is 0 Å². The third-order valence-electron chi connectivity index (χ3n) is 2.34. The molecule has 1 heterocycles. The molecule has 1 rings (SSSR count). The van der Waals surface area contributed by atoms with Gasteiger partial charge in [0.2, 0.25) is 0 Å². The van der Waals surface area contributed by atoms with Crippen molar-refractivity contribution in [2.24, 2.45) is 0 Å². The average molecular weight is 254 g/mol. The number of H-pyrrole nitrogens is 1. The summed E-state index contributed by atoms with van der Waals surface area (Å²) in [6.07, 6.45) is -0.172. The van der Waals surface area contributed by atoms with Crippen LogP contribution in [-0.2, 0) is 4.79 Å². The summed E-state index contributed by atoms with van der Waals surface area (Å²) >= 11 is 0. The van der Waals surface area contributed by atoms with Crippen molar-refractivity contribution in [2.75, 3.05) is 13.1 Å². The minimum Gasteiger partial charge on any atom is -0.494 e. The van der Waals surface area contributed by atoms with Gasteiger partial charge in [-0.1, -0.05) is 0 Å². The van der Waals surface area contributed by atoms with Gasteiger partial charge in [-0.2, -0.15) is 0 Å². The molecule has 7 heteroatoms. The molecule has 1 aromatic heterocycles. The fourth-order valence-electron chi connectivity index (χ4n) is 1.47. The molecule has 18 heavy (non-hydrogen) atoms. The van der Waals surface area contributed by atoms with E-state index in [1.54, 1.807) is 6.92 Å². The lowest BCUT2D eigenvalue weighted by Crippen LogP contribution is -2.33. The summed E-state index contributed by atoms with van der Waals surface area (Å²) < 4.78 is 0. The molecule has 0 unspecified atom stereocenters. The normalized spacial score (nSPS) is 10.1. The Balaban J connectivity index is 2.89. The Morgan fingerprint density at radius 2 is 2.06 bits per heavy atom. The topological polar surface area (TPSA) is 111 Å². The van der Waals surface area contributed by atoms with Crippen LogP contribution in [0.5, 0.6) is 5.88 Å². The summed E-state index contributed by atoms with van der Waals surface area (Å²) in [4.78, 5) is 36.9. The molecule has 0 bridgehead atoms. The van der Waals surface area contributed by atoms with E-state index in [4.69, 9.17) is 5.11 Å². The zero-order valence-corrected chi connectivity index (χ0v) is 9.84. The number of amides is 1. The molecule has 0 aliphatic rings. The minimum absolute atomic E-state index is 0.0310. The van der Waals surface area contributed by atoms with Gasteiger partial charge >= 0.3 is 5.97 Å². The lowest BCUT2D eigenvalue weighted by molar-refractivity contribution is -0.137. The summed E-state index contributed by atoms with van der Waals surface area (Å²) in [5.41, 5.74) is -0.559. The molecule has 98 valence electrons. The van der Waals surface area contributed by atoms with Crippen LogP contribution in [0.2, 0.25) is 0 Å². The van der Waals surface area contributed by atoms with Gasteiger partial charge < -0.3 is 15.1 Å². The molecule has 0 radical (unpaired) electrons. The molecule has 1 amide bonds. The lowest BCUT2D eigenvalue weighted by atomic mass is 10.2. The van der Waals surface area contributed by atoms with Crippen molar-refractivity contribution in [3.8, 4) is 5.88 Å². The summed E-state index contributed by atoms with van der Waals surface area (Å²) in [5, 5.41) is 17.8. The van der Waals surface area contributed by atoms with Gasteiger partial charge in [0.15, 0.2) is 5.88 Å². The molecule has 0 fully saturated rings. The van der Waals surface area contributed by atoms with Crippen LogP contribution in [0.15, 0.2) is 16.9 Å². The van der Waals surface area contributed by atoms with Gasteiger partial charge in [0.05, 0.1) is 12.0 Å². The lowest BCUT2D eigenvalue weighted by Gasteiger charge is -2.19.